The fourth-order valence-corrected chi connectivity index (χ4v) is 2.24. The average molecular weight is 290 g/mol. The lowest BCUT2D eigenvalue weighted by Gasteiger charge is -2.11. The maximum Gasteiger partial charge on any atom is 0.303 e. The van der Waals surface area contributed by atoms with Crippen LogP contribution in [0.1, 0.15) is 17.7 Å². The lowest BCUT2D eigenvalue weighted by Crippen LogP contribution is -2.03. The molecule has 0 spiro atoms. The summed E-state index contributed by atoms with van der Waals surface area (Å²) in [5.41, 5.74) is 2.30. The summed E-state index contributed by atoms with van der Waals surface area (Å²) >= 11 is 0. The summed E-state index contributed by atoms with van der Waals surface area (Å²) in [4.78, 5) is 10.8. The maximum atomic E-state index is 10.8. The maximum absolute atomic E-state index is 10.8. The van der Waals surface area contributed by atoms with Crippen LogP contribution in [-0.2, 0) is 11.2 Å². The zero-order chi connectivity index (χ0) is 15.4. The highest BCUT2D eigenvalue weighted by Gasteiger charge is 2.19. The molecule has 0 aliphatic heterocycles. The van der Waals surface area contributed by atoms with Crippen molar-refractivity contribution >= 4 is 5.97 Å². The Morgan fingerprint density at radius 3 is 2.62 bits per heavy atom. The Kier molecular flexibility index (Phi) is 4.47. The molecule has 1 aromatic heterocycles. The van der Waals surface area contributed by atoms with Crippen molar-refractivity contribution in [3.05, 3.63) is 35.5 Å². The summed E-state index contributed by atoms with van der Waals surface area (Å²) in [6.07, 6.45) is 0.411. The van der Waals surface area contributed by atoms with E-state index >= 15 is 0 Å². The minimum Gasteiger partial charge on any atom is -0.494 e. The van der Waals surface area contributed by atoms with Gasteiger partial charge in [-0.1, -0.05) is 12.1 Å². The first-order valence-electron chi connectivity index (χ1n) is 6.56. The molecule has 0 aliphatic carbocycles. The zero-order valence-electron chi connectivity index (χ0n) is 12.3. The minimum atomic E-state index is -0.846. The molecule has 2 aromatic rings. The monoisotopic (exact) mass is 290 g/mol. The van der Waals surface area contributed by atoms with Gasteiger partial charge in [0.25, 0.3) is 0 Å². The number of hydrogen-bond donors (Lipinski definition) is 1. The summed E-state index contributed by atoms with van der Waals surface area (Å²) in [6, 6.07) is 7.46. The third-order valence-electron chi connectivity index (χ3n) is 3.23. The van der Waals surface area contributed by atoms with Crippen LogP contribution in [0.2, 0.25) is 0 Å². The van der Waals surface area contributed by atoms with Crippen LogP contribution in [-0.4, -0.2) is 35.1 Å². The van der Waals surface area contributed by atoms with Crippen molar-refractivity contribution in [2.24, 2.45) is 0 Å². The largest absolute Gasteiger partial charge is 0.494 e. The van der Waals surface area contributed by atoms with Crippen LogP contribution in [0.5, 0.6) is 11.6 Å². The van der Waals surface area contributed by atoms with E-state index in [1.807, 2.05) is 31.2 Å². The predicted octanol–water partition coefficient (Wildman–Crippen LogP) is 2.22. The molecule has 0 saturated heterocycles. The Morgan fingerprint density at radius 2 is 2.00 bits per heavy atom. The Morgan fingerprint density at radius 1 is 1.29 bits per heavy atom. The van der Waals surface area contributed by atoms with Crippen LogP contribution < -0.4 is 9.47 Å². The van der Waals surface area contributed by atoms with Crippen molar-refractivity contribution in [3.63, 3.8) is 0 Å². The van der Waals surface area contributed by atoms with Gasteiger partial charge in [0.05, 0.1) is 19.9 Å². The molecule has 6 heteroatoms. The summed E-state index contributed by atoms with van der Waals surface area (Å²) < 4.78 is 12.4. The number of carboxylic acid groups (broad SMARTS) is 1. The molecular formula is C15H18N2O4. The number of aliphatic carboxylic acids is 1. The molecule has 2 rings (SSSR count). The van der Waals surface area contributed by atoms with Gasteiger partial charge in [0.1, 0.15) is 11.4 Å². The normalized spacial score (nSPS) is 10.4. The van der Waals surface area contributed by atoms with Crippen LogP contribution >= 0.6 is 0 Å². The summed E-state index contributed by atoms with van der Waals surface area (Å²) in [6.45, 7) is 1.84. The predicted molar refractivity (Wildman–Crippen MR) is 77.4 cm³/mol. The van der Waals surface area contributed by atoms with Crippen LogP contribution in [0.3, 0.4) is 0 Å². The van der Waals surface area contributed by atoms with Crippen LogP contribution in [0.4, 0.5) is 0 Å². The van der Waals surface area contributed by atoms with Crippen molar-refractivity contribution in [2.45, 2.75) is 19.8 Å². The second-order valence-electron chi connectivity index (χ2n) is 4.55. The van der Waals surface area contributed by atoms with Gasteiger partial charge < -0.3 is 14.6 Å². The van der Waals surface area contributed by atoms with E-state index in [0.29, 0.717) is 18.1 Å². The molecule has 1 heterocycles. The molecule has 1 aromatic carbocycles. The number of rotatable bonds is 6. The Balaban J connectivity index is 2.49. The quantitative estimate of drug-likeness (QED) is 0.883. The fraction of sp³-hybridized carbons (Fsp3) is 0.333. The van der Waals surface area contributed by atoms with Crippen molar-refractivity contribution in [1.29, 1.82) is 0 Å². The van der Waals surface area contributed by atoms with Crippen LogP contribution in [0, 0.1) is 6.92 Å². The van der Waals surface area contributed by atoms with E-state index in [1.54, 1.807) is 18.9 Å². The van der Waals surface area contributed by atoms with Gasteiger partial charge in [-0.25, -0.2) is 0 Å². The summed E-state index contributed by atoms with van der Waals surface area (Å²) in [5, 5.41) is 13.3. The first-order valence-corrected chi connectivity index (χ1v) is 6.56. The van der Waals surface area contributed by atoms with E-state index < -0.39 is 5.97 Å². The topological polar surface area (TPSA) is 73.6 Å². The number of aryl methyl sites for hydroxylation is 1. The summed E-state index contributed by atoms with van der Waals surface area (Å²) in [7, 11) is 3.14. The number of methoxy groups -OCH3 is 2. The van der Waals surface area contributed by atoms with Crippen molar-refractivity contribution in [3.8, 4) is 17.3 Å². The first kappa shape index (κ1) is 14.9. The molecule has 6 nitrogen and oxygen atoms in total. The van der Waals surface area contributed by atoms with Crippen LogP contribution in [0.25, 0.3) is 5.69 Å². The Bertz CT molecular complexity index is 649. The van der Waals surface area contributed by atoms with Crippen LogP contribution in [0.15, 0.2) is 24.3 Å². The molecule has 0 amide bonds. The van der Waals surface area contributed by atoms with Gasteiger partial charge in [0.15, 0.2) is 0 Å². The number of nitrogens with zero attached hydrogens (tertiary/aromatic N) is 2. The SMILES string of the molecule is COc1ccccc1-n1nc(C)c(CCC(=O)O)c1OC. The lowest BCUT2D eigenvalue weighted by atomic mass is 10.1. The van der Waals surface area contributed by atoms with Gasteiger partial charge >= 0.3 is 5.97 Å². The molecule has 0 bridgehead atoms. The number of para-hydroxylation sites is 2. The number of benzene rings is 1. The van der Waals surface area contributed by atoms with Gasteiger partial charge in [-0.2, -0.15) is 9.78 Å². The second kappa shape index (κ2) is 6.30. The molecule has 0 atom stereocenters. The molecule has 1 N–H and O–H groups in total. The molecule has 0 aliphatic rings. The highest BCUT2D eigenvalue weighted by Crippen LogP contribution is 2.31. The highest BCUT2D eigenvalue weighted by molar-refractivity contribution is 5.67. The van der Waals surface area contributed by atoms with Gasteiger partial charge in [-0.05, 0) is 25.5 Å². The molecular weight excluding hydrogens is 272 g/mol. The number of carboxylic acids is 1. The third-order valence-corrected chi connectivity index (χ3v) is 3.23. The standard InChI is InChI=1S/C15H18N2O4/c1-10-11(8-9-14(18)19)15(21-3)17(16-10)12-6-4-5-7-13(12)20-2/h4-7H,8-9H2,1-3H3,(H,18,19). The molecule has 0 saturated carbocycles. The van der Waals surface area contributed by atoms with Gasteiger partial charge in [0.2, 0.25) is 5.88 Å². The van der Waals surface area contributed by atoms with E-state index in [1.165, 1.54) is 0 Å². The second-order valence-corrected chi connectivity index (χ2v) is 4.55. The van der Waals surface area contributed by atoms with Gasteiger partial charge in [-0.15, -0.1) is 0 Å². The zero-order valence-corrected chi connectivity index (χ0v) is 12.3. The lowest BCUT2D eigenvalue weighted by molar-refractivity contribution is -0.136. The molecule has 0 radical (unpaired) electrons. The number of carbonyl (C=O) groups is 1. The average Bonchev–Trinajstić information content (AvgIpc) is 2.80. The number of ether oxygens (including phenoxy) is 2. The Hall–Kier alpha value is -2.50. The molecule has 112 valence electrons. The smallest absolute Gasteiger partial charge is 0.303 e. The van der Waals surface area contributed by atoms with E-state index in [2.05, 4.69) is 5.10 Å². The van der Waals surface area contributed by atoms with Crippen molar-refractivity contribution < 1.29 is 19.4 Å². The van der Waals surface area contributed by atoms with E-state index in [9.17, 15) is 4.79 Å². The molecule has 0 fully saturated rings. The molecule has 21 heavy (non-hydrogen) atoms. The van der Waals surface area contributed by atoms with Gasteiger partial charge in [0, 0.05) is 12.0 Å². The van der Waals surface area contributed by atoms with Crippen molar-refractivity contribution in [1.82, 2.24) is 9.78 Å². The van der Waals surface area contributed by atoms with Crippen molar-refractivity contribution in [2.75, 3.05) is 14.2 Å². The minimum absolute atomic E-state index is 0.0365. The summed E-state index contributed by atoms with van der Waals surface area (Å²) in [5.74, 6) is 0.364. The van der Waals surface area contributed by atoms with E-state index in [0.717, 1.165) is 16.9 Å². The molecule has 0 unspecified atom stereocenters. The Labute approximate surface area is 122 Å². The van der Waals surface area contributed by atoms with Gasteiger partial charge in [-0.3, -0.25) is 4.79 Å². The number of hydrogen-bond acceptors (Lipinski definition) is 4. The number of aromatic nitrogens is 2. The third kappa shape index (κ3) is 2.99. The first-order chi connectivity index (χ1) is 10.1. The fourth-order valence-electron chi connectivity index (χ4n) is 2.24. The highest BCUT2D eigenvalue weighted by atomic mass is 16.5. The van der Waals surface area contributed by atoms with E-state index in [-0.39, 0.29) is 6.42 Å². The van der Waals surface area contributed by atoms with E-state index in [4.69, 9.17) is 14.6 Å².